The van der Waals surface area contributed by atoms with Crippen molar-refractivity contribution < 1.29 is 4.74 Å². The second-order valence-corrected chi connectivity index (χ2v) is 5.16. The highest BCUT2D eigenvalue weighted by atomic mass is 35.5. The fourth-order valence-corrected chi connectivity index (χ4v) is 1.81. The number of hydrogen-bond acceptors (Lipinski definition) is 4. The summed E-state index contributed by atoms with van der Waals surface area (Å²) < 4.78 is 5.41. The van der Waals surface area contributed by atoms with Crippen molar-refractivity contribution in [3.63, 3.8) is 0 Å². The summed E-state index contributed by atoms with van der Waals surface area (Å²) in [6, 6.07) is 5.25. The van der Waals surface area contributed by atoms with E-state index in [1.165, 1.54) is 0 Å². The van der Waals surface area contributed by atoms with Gasteiger partial charge in [-0.15, -0.1) is 0 Å². The van der Waals surface area contributed by atoms with E-state index < -0.39 is 0 Å². The van der Waals surface area contributed by atoms with Crippen LogP contribution in [0.4, 0.5) is 0 Å². The summed E-state index contributed by atoms with van der Waals surface area (Å²) in [6.45, 7) is 3.74. The van der Waals surface area contributed by atoms with E-state index in [0.717, 1.165) is 0 Å². The van der Waals surface area contributed by atoms with Crippen molar-refractivity contribution in [2.24, 2.45) is 0 Å². The number of rotatable bonds is 3. The minimum absolute atomic E-state index is 0.0554. The van der Waals surface area contributed by atoms with Crippen molar-refractivity contribution >= 4 is 34.8 Å². The van der Waals surface area contributed by atoms with E-state index in [1.807, 2.05) is 13.8 Å². The molecule has 100 valence electrons. The Morgan fingerprint density at radius 1 is 1.00 bits per heavy atom. The summed E-state index contributed by atoms with van der Waals surface area (Å²) in [4.78, 5) is 12.1. The molecule has 0 aliphatic rings. The summed E-state index contributed by atoms with van der Waals surface area (Å²) >= 11 is 17.7. The molecule has 1 aromatic heterocycles. The fourth-order valence-electron chi connectivity index (χ4n) is 1.36. The third-order valence-corrected chi connectivity index (χ3v) is 3.01. The van der Waals surface area contributed by atoms with Crippen LogP contribution in [0.2, 0.25) is 15.3 Å². The van der Waals surface area contributed by atoms with Gasteiger partial charge < -0.3 is 4.74 Å². The Balaban J connectivity index is 2.43. The van der Waals surface area contributed by atoms with Crippen LogP contribution >= 0.6 is 34.8 Å². The Bertz CT molecular complexity index is 605. The molecule has 0 atom stereocenters. The smallest absolute Gasteiger partial charge is 0.321 e. The van der Waals surface area contributed by atoms with Gasteiger partial charge in [-0.3, -0.25) is 0 Å². The highest BCUT2D eigenvalue weighted by Crippen LogP contribution is 2.27. The topological polar surface area (TPSA) is 47.9 Å². The SMILES string of the molecule is CC(C)Oc1nc(Cl)nc(-c2ccc(Cl)c(Cl)c2)n1. The van der Waals surface area contributed by atoms with Crippen LogP contribution in [0, 0.1) is 0 Å². The third-order valence-electron chi connectivity index (χ3n) is 2.11. The molecular weight excluding hydrogens is 309 g/mol. The van der Waals surface area contributed by atoms with Crippen LogP contribution < -0.4 is 4.74 Å². The van der Waals surface area contributed by atoms with Gasteiger partial charge in [-0.25, -0.2) is 0 Å². The normalized spacial score (nSPS) is 10.8. The lowest BCUT2D eigenvalue weighted by Crippen LogP contribution is -2.09. The van der Waals surface area contributed by atoms with Crippen LogP contribution in [0.15, 0.2) is 18.2 Å². The van der Waals surface area contributed by atoms with Crippen LogP contribution in [0.1, 0.15) is 13.8 Å². The van der Waals surface area contributed by atoms with Gasteiger partial charge in [-0.05, 0) is 43.6 Å². The average molecular weight is 319 g/mol. The molecular formula is C12H10Cl3N3O. The largest absolute Gasteiger partial charge is 0.461 e. The third kappa shape index (κ3) is 3.69. The average Bonchev–Trinajstić information content (AvgIpc) is 2.31. The maximum atomic E-state index is 5.96. The molecule has 0 aliphatic carbocycles. The van der Waals surface area contributed by atoms with Crippen LogP contribution in [-0.4, -0.2) is 21.1 Å². The molecule has 0 bridgehead atoms. The quantitative estimate of drug-likeness (QED) is 0.847. The monoisotopic (exact) mass is 317 g/mol. The minimum atomic E-state index is -0.0554. The summed E-state index contributed by atoms with van der Waals surface area (Å²) in [7, 11) is 0. The van der Waals surface area contributed by atoms with Crippen molar-refractivity contribution in [2.75, 3.05) is 0 Å². The summed E-state index contributed by atoms with van der Waals surface area (Å²) in [5, 5.41) is 0.943. The summed E-state index contributed by atoms with van der Waals surface area (Å²) in [5.74, 6) is 0.384. The van der Waals surface area contributed by atoms with E-state index in [4.69, 9.17) is 39.5 Å². The first-order valence-electron chi connectivity index (χ1n) is 5.49. The second kappa shape index (κ2) is 5.90. The van der Waals surface area contributed by atoms with Gasteiger partial charge in [-0.2, -0.15) is 15.0 Å². The van der Waals surface area contributed by atoms with Crippen LogP contribution in [0.3, 0.4) is 0 Å². The molecule has 19 heavy (non-hydrogen) atoms. The molecule has 0 spiro atoms. The Kier molecular flexibility index (Phi) is 4.45. The first-order chi connectivity index (χ1) is 8.95. The second-order valence-electron chi connectivity index (χ2n) is 4.01. The van der Waals surface area contributed by atoms with Gasteiger partial charge in [0, 0.05) is 5.56 Å². The molecule has 2 rings (SSSR count). The molecule has 4 nitrogen and oxygen atoms in total. The van der Waals surface area contributed by atoms with Crippen molar-refractivity contribution in [2.45, 2.75) is 20.0 Å². The Labute approximate surface area is 125 Å². The van der Waals surface area contributed by atoms with E-state index in [0.29, 0.717) is 21.4 Å². The van der Waals surface area contributed by atoms with Crippen molar-refractivity contribution in [3.05, 3.63) is 33.5 Å². The van der Waals surface area contributed by atoms with Crippen LogP contribution in [0.5, 0.6) is 6.01 Å². The maximum absolute atomic E-state index is 5.96. The lowest BCUT2D eigenvalue weighted by Gasteiger charge is -2.09. The van der Waals surface area contributed by atoms with E-state index >= 15 is 0 Å². The van der Waals surface area contributed by atoms with Gasteiger partial charge in [0.2, 0.25) is 5.28 Å². The number of hydrogen-bond donors (Lipinski definition) is 0. The Morgan fingerprint density at radius 3 is 2.37 bits per heavy atom. The van der Waals surface area contributed by atoms with Gasteiger partial charge in [0.15, 0.2) is 5.82 Å². The highest BCUT2D eigenvalue weighted by molar-refractivity contribution is 6.42. The van der Waals surface area contributed by atoms with E-state index in [9.17, 15) is 0 Å². The first-order valence-corrected chi connectivity index (χ1v) is 6.63. The zero-order valence-corrected chi connectivity index (χ0v) is 12.5. The molecule has 0 unspecified atom stereocenters. The summed E-state index contributed by atoms with van der Waals surface area (Å²) in [6.07, 6.45) is -0.0554. The lowest BCUT2D eigenvalue weighted by atomic mass is 10.2. The standard InChI is InChI=1S/C12H10Cl3N3O/c1-6(2)19-12-17-10(16-11(15)18-12)7-3-4-8(13)9(14)5-7/h3-6H,1-2H3. The number of ether oxygens (including phenoxy) is 1. The molecule has 0 saturated carbocycles. The van der Waals surface area contributed by atoms with Gasteiger partial charge >= 0.3 is 6.01 Å². The molecule has 0 radical (unpaired) electrons. The van der Waals surface area contributed by atoms with Gasteiger partial charge in [0.1, 0.15) is 0 Å². The molecule has 2 aromatic rings. The molecule has 0 saturated heterocycles. The van der Waals surface area contributed by atoms with Crippen molar-refractivity contribution in [1.82, 2.24) is 15.0 Å². The fraction of sp³-hybridized carbons (Fsp3) is 0.250. The molecule has 0 N–H and O–H groups in total. The van der Waals surface area contributed by atoms with Gasteiger partial charge in [-0.1, -0.05) is 23.2 Å². The molecule has 1 heterocycles. The molecule has 0 aliphatic heterocycles. The van der Waals surface area contributed by atoms with Crippen LogP contribution in [0.25, 0.3) is 11.4 Å². The van der Waals surface area contributed by atoms with E-state index in [-0.39, 0.29) is 17.4 Å². The molecule has 1 aromatic carbocycles. The number of halogens is 3. The van der Waals surface area contributed by atoms with Gasteiger partial charge in [0.05, 0.1) is 16.1 Å². The summed E-state index contributed by atoms with van der Waals surface area (Å²) in [5.41, 5.74) is 0.687. The number of nitrogens with zero attached hydrogens (tertiary/aromatic N) is 3. The van der Waals surface area contributed by atoms with E-state index in [2.05, 4.69) is 15.0 Å². The molecule has 0 amide bonds. The predicted molar refractivity (Wildman–Crippen MR) is 76.1 cm³/mol. The first kappa shape index (κ1) is 14.3. The van der Waals surface area contributed by atoms with Crippen molar-refractivity contribution in [1.29, 1.82) is 0 Å². The maximum Gasteiger partial charge on any atom is 0.321 e. The van der Waals surface area contributed by atoms with Crippen molar-refractivity contribution in [3.8, 4) is 17.4 Å². The highest BCUT2D eigenvalue weighted by Gasteiger charge is 2.10. The van der Waals surface area contributed by atoms with Crippen LogP contribution in [-0.2, 0) is 0 Å². The predicted octanol–water partition coefficient (Wildman–Crippen LogP) is 4.29. The zero-order chi connectivity index (χ0) is 14.0. The molecule has 0 fully saturated rings. The zero-order valence-electron chi connectivity index (χ0n) is 10.2. The van der Waals surface area contributed by atoms with Gasteiger partial charge in [0.25, 0.3) is 0 Å². The minimum Gasteiger partial charge on any atom is -0.461 e. The lowest BCUT2D eigenvalue weighted by molar-refractivity contribution is 0.222. The van der Waals surface area contributed by atoms with E-state index in [1.54, 1.807) is 18.2 Å². The number of aromatic nitrogens is 3. The Hall–Kier alpha value is -1.10. The Morgan fingerprint density at radius 2 is 1.74 bits per heavy atom. The molecule has 7 heteroatoms. The number of benzene rings is 1.